The first-order chi connectivity index (χ1) is 18.3. The summed E-state index contributed by atoms with van der Waals surface area (Å²) in [6.07, 6.45) is 0. The zero-order valence-corrected chi connectivity index (χ0v) is 22.7. The maximum absolute atomic E-state index is 14.3. The van der Waals surface area contributed by atoms with Gasteiger partial charge in [-0.15, -0.1) is 21.5 Å². The van der Waals surface area contributed by atoms with E-state index in [1.165, 1.54) is 23.5 Å². The van der Waals surface area contributed by atoms with Gasteiger partial charge in [0.05, 0.1) is 18.6 Å². The minimum atomic E-state index is -0.935. The number of morpholine rings is 1. The first-order valence-electron chi connectivity index (χ1n) is 12.2. The molecule has 10 heteroatoms. The Balaban J connectivity index is 1.43. The van der Waals surface area contributed by atoms with E-state index in [1.807, 2.05) is 56.3 Å². The van der Waals surface area contributed by atoms with Crippen LogP contribution in [0.25, 0.3) is 10.4 Å². The Kier molecular flexibility index (Phi) is 7.64. The van der Waals surface area contributed by atoms with Crippen LogP contribution in [0.5, 0.6) is 0 Å². The lowest BCUT2D eigenvalue weighted by Crippen LogP contribution is -2.40. The molecule has 1 fully saturated rings. The predicted octanol–water partition coefficient (Wildman–Crippen LogP) is 5.67. The molecule has 2 aromatic heterocycles. The van der Waals surface area contributed by atoms with Crippen molar-refractivity contribution in [2.75, 3.05) is 31.6 Å². The summed E-state index contributed by atoms with van der Waals surface area (Å²) in [4.78, 5) is 29.9. The van der Waals surface area contributed by atoms with E-state index in [1.54, 1.807) is 27.8 Å². The molecule has 0 saturated carbocycles. The van der Waals surface area contributed by atoms with Crippen LogP contribution in [0.2, 0.25) is 0 Å². The van der Waals surface area contributed by atoms with Crippen LogP contribution in [0.1, 0.15) is 40.6 Å². The largest absolute Gasteiger partial charge is 0.378 e. The van der Waals surface area contributed by atoms with Gasteiger partial charge in [0, 0.05) is 34.3 Å². The number of nitrogens with zero attached hydrogens (tertiary/aromatic N) is 3. The zero-order valence-electron chi connectivity index (χ0n) is 21.0. The monoisotopic (exact) mass is 550 g/mol. The number of carbonyl (C=O) groups excluding carboxylic acids is 2. The Bertz CT molecular complexity index is 1410. The molecule has 3 heterocycles. The predicted molar refractivity (Wildman–Crippen MR) is 147 cm³/mol. The molecule has 1 aliphatic rings. The number of amides is 2. The van der Waals surface area contributed by atoms with Crippen LogP contribution in [0.3, 0.4) is 0 Å². The summed E-state index contributed by atoms with van der Waals surface area (Å²) >= 11 is 2.79. The Hall–Kier alpha value is -3.47. The molecule has 0 radical (unpaired) electrons. The van der Waals surface area contributed by atoms with Gasteiger partial charge in [-0.2, -0.15) is 0 Å². The Labute approximate surface area is 228 Å². The maximum Gasteiger partial charge on any atom is 0.254 e. The summed E-state index contributed by atoms with van der Waals surface area (Å²) in [5, 5.41) is 11.0. The number of hydrogen-bond donors (Lipinski definition) is 1. The van der Waals surface area contributed by atoms with E-state index >= 15 is 0 Å². The molecule has 0 unspecified atom stereocenters. The third-order valence-corrected chi connectivity index (χ3v) is 8.50. The van der Waals surface area contributed by atoms with Crippen LogP contribution in [0, 0.1) is 11.2 Å². The second-order valence-corrected chi connectivity index (χ2v) is 11.5. The summed E-state index contributed by atoms with van der Waals surface area (Å²) in [6, 6.07) is 17.9. The first-order valence-corrected chi connectivity index (χ1v) is 13.9. The van der Waals surface area contributed by atoms with Gasteiger partial charge in [0.25, 0.3) is 5.91 Å². The summed E-state index contributed by atoms with van der Waals surface area (Å²) < 4.78 is 19.6. The highest BCUT2D eigenvalue weighted by Gasteiger charge is 2.40. The normalized spacial score (nSPS) is 14.8. The molecule has 38 heavy (non-hydrogen) atoms. The third-order valence-electron chi connectivity index (χ3n) is 6.70. The number of carbonyl (C=O) groups is 2. The van der Waals surface area contributed by atoms with Crippen molar-refractivity contribution in [3.63, 3.8) is 0 Å². The summed E-state index contributed by atoms with van der Waals surface area (Å²) in [6.45, 7) is 6.01. The fraction of sp³-hybridized carbons (Fsp3) is 0.286. The zero-order chi connectivity index (χ0) is 26.7. The van der Waals surface area contributed by atoms with Crippen LogP contribution in [-0.2, 0) is 9.53 Å². The van der Waals surface area contributed by atoms with E-state index in [9.17, 15) is 14.0 Å². The van der Waals surface area contributed by atoms with Crippen molar-refractivity contribution in [1.29, 1.82) is 0 Å². The molecule has 5 rings (SSSR count). The number of hydrogen-bond acceptors (Lipinski definition) is 7. The van der Waals surface area contributed by atoms with E-state index in [2.05, 4.69) is 15.5 Å². The molecule has 7 nitrogen and oxygen atoms in total. The molecule has 0 spiro atoms. The molecule has 2 amide bonds. The summed E-state index contributed by atoms with van der Waals surface area (Å²) in [5.74, 6) is -0.998. The van der Waals surface area contributed by atoms with Crippen molar-refractivity contribution in [3.8, 4) is 10.4 Å². The molecule has 1 N–H and O–H groups in total. The minimum absolute atomic E-state index is 0.000999. The molecule has 0 bridgehead atoms. The second-order valence-electron chi connectivity index (χ2n) is 9.59. The second kappa shape index (κ2) is 11.1. The maximum atomic E-state index is 14.3. The highest BCUT2D eigenvalue weighted by Crippen LogP contribution is 2.46. The lowest BCUT2D eigenvalue weighted by atomic mass is 9.73. The van der Waals surface area contributed by atoms with Gasteiger partial charge in [-0.25, -0.2) is 4.39 Å². The quantitative estimate of drug-likeness (QED) is 0.320. The van der Waals surface area contributed by atoms with Gasteiger partial charge in [0.2, 0.25) is 11.0 Å². The first kappa shape index (κ1) is 26.1. The Morgan fingerprint density at radius 3 is 2.53 bits per heavy atom. The van der Waals surface area contributed by atoms with Crippen molar-refractivity contribution in [3.05, 3.63) is 88.0 Å². The van der Waals surface area contributed by atoms with Gasteiger partial charge in [-0.3, -0.25) is 9.59 Å². The van der Waals surface area contributed by atoms with Gasteiger partial charge in [-0.1, -0.05) is 49.4 Å². The molecule has 2 aromatic carbocycles. The third kappa shape index (κ3) is 5.52. The molecular formula is C28H27FN4O3S2. The van der Waals surface area contributed by atoms with Crippen molar-refractivity contribution in [2.24, 2.45) is 5.41 Å². The number of rotatable bonds is 7. The van der Waals surface area contributed by atoms with Crippen molar-refractivity contribution in [1.82, 2.24) is 15.1 Å². The number of nitrogens with one attached hydrogen (secondary N) is 1. The summed E-state index contributed by atoms with van der Waals surface area (Å²) in [5.41, 5.74) is 2.93. The number of halogens is 1. The van der Waals surface area contributed by atoms with Crippen LogP contribution in [0.15, 0.2) is 66.2 Å². The number of aromatic nitrogens is 2. The van der Waals surface area contributed by atoms with Gasteiger partial charge in [-0.05, 0) is 47.5 Å². The molecule has 196 valence electrons. The van der Waals surface area contributed by atoms with Gasteiger partial charge in [0.1, 0.15) is 11.3 Å². The molecule has 1 atom stereocenters. The number of ether oxygens (including phenoxy) is 1. The molecule has 0 aliphatic carbocycles. The van der Waals surface area contributed by atoms with E-state index < -0.39 is 11.3 Å². The fourth-order valence-corrected chi connectivity index (χ4v) is 6.40. The van der Waals surface area contributed by atoms with Crippen molar-refractivity contribution >= 4 is 39.6 Å². The molecule has 4 aromatic rings. The number of anilines is 1. The molecular weight excluding hydrogens is 523 g/mol. The van der Waals surface area contributed by atoms with Crippen LogP contribution in [0.4, 0.5) is 9.52 Å². The van der Waals surface area contributed by atoms with Gasteiger partial charge >= 0.3 is 0 Å². The number of thiophene rings is 1. The Morgan fingerprint density at radius 1 is 1.08 bits per heavy atom. The average Bonchev–Trinajstić information content (AvgIpc) is 3.62. The number of benzene rings is 2. The van der Waals surface area contributed by atoms with E-state index in [4.69, 9.17) is 4.74 Å². The minimum Gasteiger partial charge on any atom is -0.378 e. The SMILES string of the molecule is CC(C)(C(=O)Nc1nncs1)[C@@H](c1cccc(F)c1)c1ccc(-c2ccc(C(=O)N3CCOCC3)cc2)s1. The van der Waals surface area contributed by atoms with E-state index in [0.29, 0.717) is 42.6 Å². The standard InChI is InChI=1S/C28H27FN4O3S2/c1-28(2,26(35)31-27-32-30-17-37-27)24(20-4-3-5-21(29)16-20)23-11-10-22(38-23)18-6-8-19(9-7-18)25(34)33-12-14-36-15-13-33/h3-11,16-17,24H,12-15H2,1-2H3,(H,31,32,35)/t24-/m0/s1. The lowest BCUT2D eigenvalue weighted by molar-refractivity contribution is -0.124. The Morgan fingerprint density at radius 2 is 1.84 bits per heavy atom. The molecule has 1 saturated heterocycles. The van der Waals surface area contributed by atoms with E-state index in [-0.39, 0.29) is 17.6 Å². The van der Waals surface area contributed by atoms with Crippen LogP contribution < -0.4 is 5.32 Å². The van der Waals surface area contributed by atoms with Crippen molar-refractivity contribution in [2.45, 2.75) is 19.8 Å². The lowest BCUT2D eigenvalue weighted by Gasteiger charge is -2.32. The highest BCUT2D eigenvalue weighted by atomic mass is 32.1. The van der Waals surface area contributed by atoms with Crippen molar-refractivity contribution < 1.29 is 18.7 Å². The molecule has 1 aliphatic heterocycles. The smallest absolute Gasteiger partial charge is 0.254 e. The fourth-order valence-electron chi connectivity index (χ4n) is 4.63. The van der Waals surface area contributed by atoms with Crippen LogP contribution in [-0.4, -0.2) is 53.2 Å². The van der Waals surface area contributed by atoms with E-state index in [0.717, 1.165) is 15.3 Å². The van der Waals surface area contributed by atoms with Crippen LogP contribution >= 0.6 is 22.7 Å². The highest BCUT2D eigenvalue weighted by molar-refractivity contribution is 7.15. The van der Waals surface area contributed by atoms with Gasteiger partial charge < -0.3 is 15.0 Å². The summed E-state index contributed by atoms with van der Waals surface area (Å²) in [7, 11) is 0. The van der Waals surface area contributed by atoms with Gasteiger partial charge in [0.15, 0.2) is 0 Å². The topological polar surface area (TPSA) is 84.4 Å². The average molecular weight is 551 g/mol.